The number of anilines is 1. The monoisotopic (exact) mass is 294 g/mol. The van der Waals surface area contributed by atoms with E-state index in [0.717, 1.165) is 5.56 Å². The van der Waals surface area contributed by atoms with Crippen LogP contribution in [0.4, 0.5) is 11.5 Å². The summed E-state index contributed by atoms with van der Waals surface area (Å²) in [4.78, 5) is 14.2. The second-order valence-electron chi connectivity index (χ2n) is 3.85. The zero-order valence-electron chi connectivity index (χ0n) is 10.2. The van der Waals surface area contributed by atoms with Gasteiger partial charge >= 0.3 is 0 Å². The molecule has 0 atom stereocenters. The fourth-order valence-electron chi connectivity index (χ4n) is 1.52. The normalized spacial score (nSPS) is 10.1. The average Bonchev–Trinajstić information content (AvgIpc) is 2.46. The summed E-state index contributed by atoms with van der Waals surface area (Å²) in [5.74, 6) is 6.00. The molecule has 2 aromatic rings. The van der Waals surface area contributed by atoms with E-state index in [4.69, 9.17) is 22.2 Å². The van der Waals surface area contributed by atoms with Crippen LogP contribution in [0.2, 0.25) is 5.02 Å². The van der Waals surface area contributed by atoms with Crippen molar-refractivity contribution in [3.8, 4) is 5.75 Å². The van der Waals surface area contributed by atoms with Crippen LogP contribution in [0.15, 0.2) is 36.5 Å². The molecule has 0 amide bonds. The lowest BCUT2D eigenvalue weighted by Gasteiger charge is -2.08. The molecule has 7 nitrogen and oxygen atoms in total. The van der Waals surface area contributed by atoms with Gasteiger partial charge in [0, 0.05) is 12.3 Å². The maximum Gasteiger partial charge on any atom is 0.273 e. The van der Waals surface area contributed by atoms with E-state index in [2.05, 4.69) is 10.4 Å². The van der Waals surface area contributed by atoms with Gasteiger partial charge in [0.25, 0.3) is 5.69 Å². The van der Waals surface area contributed by atoms with Crippen LogP contribution in [-0.2, 0) is 6.61 Å². The number of hydrogen-bond acceptors (Lipinski definition) is 6. The van der Waals surface area contributed by atoms with Gasteiger partial charge in [-0.05, 0) is 23.8 Å². The van der Waals surface area contributed by atoms with Gasteiger partial charge in [0.1, 0.15) is 18.2 Å². The SMILES string of the molecule is NNc1cc(COc2cc([N+](=O)[O-])ccc2Cl)ccn1. The van der Waals surface area contributed by atoms with E-state index in [0.29, 0.717) is 10.8 Å². The van der Waals surface area contributed by atoms with E-state index in [1.54, 1.807) is 18.3 Å². The number of hydrogen-bond donors (Lipinski definition) is 2. The number of benzene rings is 1. The average molecular weight is 295 g/mol. The highest BCUT2D eigenvalue weighted by molar-refractivity contribution is 6.32. The quantitative estimate of drug-likeness (QED) is 0.499. The topological polar surface area (TPSA) is 103 Å². The van der Waals surface area contributed by atoms with Crippen molar-refractivity contribution in [2.75, 3.05) is 5.43 Å². The first-order valence-corrected chi connectivity index (χ1v) is 5.96. The van der Waals surface area contributed by atoms with E-state index in [9.17, 15) is 10.1 Å². The predicted octanol–water partition coefficient (Wildman–Crippen LogP) is 2.51. The highest BCUT2D eigenvalue weighted by Gasteiger charge is 2.11. The largest absolute Gasteiger partial charge is 0.487 e. The second kappa shape index (κ2) is 6.18. The molecule has 20 heavy (non-hydrogen) atoms. The summed E-state index contributed by atoms with van der Waals surface area (Å²) in [5, 5.41) is 11.0. The first-order chi connectivity index (χ1) is 9.60. The molecule has 2 rings (SSSR count). The number of halogens is 1. The highest BCUT2D eigenvalue weighted by Crippen LogP contribution is 2.29. The number of rotatable bonds is 5. The summed E-state index contributed by atoms with van der Waals surface area (Å²) >= 11 is 5.93. The van der Waals surface area contributed by atoms with Crippen molar-refractivity contribution in [1.82, 2.24) is 4.98 Å². The van der Waals surface area contributed by atoms with Gasteiger partial charge in [-0.25, -0.2) is 10.8 Å². The molecule has 3 N–H and O–H groups in total. The summed E-state index contributed by atoms with van der Waals surface area (Å²) in [5.41, 5.74) is 3.14. The molecule has 0 bridgehead atoms. The Kier molecular flexibility index (Phi) is 4.34. The van der Waals surface area contributed by atoms with E-state index < -0.39 is 4.92 Å². The number of nitrogens with two attached hydrogens (primary N) is 1. The molecule has 0 aliphatic carbocycles. The predicted molar refractivity (Wildman–Crippen MR) is 74.5 cm³/mol. The number of aromatic nitrogens is 1. The molecule has 0 spiro atoms. The van der Waals surface area contributed by atoms with Crippen molar-refractivity contribution in [2.24, 2.45) is 5.84 Å². The van der Waals surface area contributed by atoms with Gasteiger partial charge < -0.3 is 10.2 Å². The summed E-state index contributed by atoms with van der Waals surface area (Å²) in [6.07, 6.45) is 1.57. The standard InChI is InChI=1S/C12H11ClN4O3/c13-10-2-1-9(17(18)19)6-11(10)20-7-8-3-4-15-12(5-8)16-14/h1-6H,7,14H2,(H,15,16). The van der Waals surface area contributed by atoms with Gasteiger partial charge in [-0.2, -0.15) is 0 Å². The van der Waals surface area contributed by atoms with Crippen LogP contribution in [0.5, 0.6) is 5.75 Å². The van der Waals surface area contributed by atoms with Crippen LogP contribution < -0.4 is 16.0 Å². The van der Waals surface area contributed by atoms with Crippen LogP contribution >= 0.6 is 11.6 Å². The number of ether oxygens (including phenoxy) is 1. The van der Waals surface area contributed by atoms with Gasteiger partial charge in [0.15, 0.2) is 0 Å². The molecule has 0 aliphatic rings. The van der Waals surface area contributed by atoms with Crippen molar-refractivity contribution in [1.29, 1.82) is 0 Å². The van der Waals surface area contributed by atoms with Crippen LogP contribution in [0.1, 0.15) is 5.56 Å². The van der Waals surface area contributed by atoms with Gasteiger partial charge in [0.2, 0.25) is 0 Å². The number of nitrogens with zero attached hydrogens (tertiary/aromatic N) is 2. The van der Waals surface area contributed by atoms with E-state index in [-0.39, 0.29) is 18.0 Å². The molecule has 1 aromatic heterocycles. The molecule has 1 aromatic carbocycles. The molecule has 0 unspecified atom stereocenters. The number of nitrogen functional groups attached to an aromatic ring is 1. The summed E-state index contributed by atoms with van der Waals surface area (Å²) in [6.45, 7) is 0.193. The van der Waals surface area contributed by atoms with Crippen molar-refractivity contribution in [2.45, 2.75) is 6.61 Å². The Morgan fingerprint density at radius 3 is 2.90 bits per heavy atom. The molecule has 0 aliphatic heterocycles. The number of nitro groups is 1. The van der Waals surface area contributed by atoms with Crippen LogP contribution in [0, 0.1) is 10.1 Å². The van der Waals surface area contributed by atoms with Crippen molar-refractivity contribution < 1.29 is 9.66 Å². The Hall–Kier alpha value is -2.38. The second-order valence-corrected chi connectivity index (χ2v) is 4.26. The Labute approximate surface area is 119 Å². The lowest BCUT2D eigenvalue weighted by atomic mass is 10.2. The first-order valence-electron chi connectivity index (χ1n) is 5.58. The van der Waals surface area contributed by atoms with Crippen molar-refractivity contribution in [3.63, 3.8) is 0 Å². The van der Waals surface area contributed by atoms with E-state index in [1.165, 1.54) is 18.2 Å². The molecular formula is C12H11ClN4O3. The number of hydrazine groups is 1. The first kappa shape index (κ1) is 14.0. The molecule has 1 heterocycles. The summed E-state index contributed by atoms with van der Waals surface area (Å²) in [7, 11) is 0. The zero-order valence-corrected chi connectivity index (χ0v) is 11.0. The third-order valence-electron chi connectivity index (χ3n) is 2.49. The molecular weight excluding hydrogens is 284 g/mol. The summed E-state index contributed by atoms with van der Waals surface area (Å²) in [6, 6.07) is 7.47. The zero-order chi connectivity index (χ0) is 14.5. The van der Waals surface area contributed by atoms with Crippen molar-refractivity contribution >= 4 is 23.1 Å². The molecule has 0 fully saturated rings. The van der Waals surface area contributed by atoms with Gasteiger partial charge in [-0.3, -0.25) is 10.1 Å². The third-order valence-corrected chi connectivity index (χ3v) is 2.80. The van der Waals surface area contributed by atoms with E-state index >= 15 is 0 Å². The fraction of sp³-hybridized carbons (Fsp3) is 0.0833. The smallest absolute Gasteiger partial charge is 0.273 e. The maximum atomic E-state index is 10.7. The molecule has 0 saturated heterocycles. The third kappa shape index (κ3) is 3.34. The highest BCUT2D eigenvalue weighted by atomic mass is 35.5. The molecule has 104 valence electrons. The van der Waals surface area contributed by atoms with Gasteiger partial charge in [0.05, 0.1) is 16.0 Å². The maximum absolute atomic E-state index is 10.7. The molecule has 0 saturated carbocycles. The number of nitro benzene ring substituents is 1. The van der Waals surface area contributed by atoms with E-state index in [1.807, 2.05) is 0 Å². The number of non-ortho nitro benzene ring substituents is 1. The van der Waals surface area contributed by atoms with Crippen LogP contribution in [0.3, 0.4) is 0 Å². The van der Waals surface area contributed by atoms with Gasteiger partial charge in [-0.1, -0.05) is 11.6 Å². The molecule has 0 radical (unpaired) electrons. The van der Waals surface area contributed by atoms with Crippen molar-refractivity contribution in [3.05, 3.63) is 57.2 Å². The Morgan fingerprint density at radius 1 is 1.40 bits per heavy atom. The summed E-state index contributed by atoms with van der Waals surface area (Å²) < 4.78 is 5.48. The minimum absolute atomic E-state index is 0.0801. The Morgan fingerprint density at radius 2 is 2.20 bits per heavy atom. The number of pyridine rings is 1. The lowest BCUT2D eigenvalue weighted by Crippen LogP contribution is -2.09. The Balaban J connectivity index is 2.13. The van der Waals surface area contributed by atoms with Crippen LogP contribution in [-0.4, -0.2) is 9.91 Å². The lowest BCUT2D eigenvalue weighted by molar-refractivity contribution is -0.384. The van der Waals surface area contributed by atoms with Gasteiger partial charge in [-0.15, -0.1) is 0 Å². The number of nitrogens with one attached hydrogen (secondary N) is 1. The Bertz CT molecular complexity index is 636. The van der Waals surface area contributed by atoms with Crippen LogP contribution in [0.25, 0.3) is 0 Å². The minimum atomic E-state index is -0.508. The minimum Gasteiger partial charge on any atom is -0.487 e. The molecule has 8 heteroatoms. The fourth-order valence-corrected chi connectivity index (χ4v) is 1.69.